The normalized spacial score (nSPS) is 10.8. The van der Waals surface area contributed by atoms with Crippen LogP contribution in [0.15, 0.2) is 30.5 Å². The van der Waals surface area contributed by atoms with Gasteiger partial charge in [0.15, 0.2) is 0 Å². The molecule has 2 heteroatoms. The van der Waals surface area contributed by atoms with E-state index < -0.39 is 0 Å². The third kappa shape index (κ3) is 1.58. The quantitative estimate of drug-likeness (QED) is 0.734. The van der Waals surface area contributed by atoms with Gasteiger partial charge in [-0.25, -0.2) is 0 Å². The first kappa shape index (κ1) is 8.32. The molecule has 0 aliphatic carbocycles. The van der Waals surface area contributed by atoms with Crippen LogP contribution in [-0.4, -0.2) is 4.98 Å². The zero-order chi connectivity index (χ0) is 9.10. The van der Waals surface area contributed by atoms with Crippen LogP contribution < -0.4 is 5.73 Å². The molecule has 2 aromatic rings. The van der Waals surface area contributed by atoms with E-state index >= 15 is 0 Å². The average Bonchev–Trinajstić information content (AvgIpc) is 2.58. The molecule has 0 aliphatic heterocycles. The summed E-state index contributed by atoms with van der Waals surface area (Å²) in [7, 11) is 0. The van der Waals surface area contributed by atoms with Gasteiger partial charge in [-0.15, -0.1) is 0 Å². The molecule has 0 saturated heterocycles. The van der Waals surface area contributed by atoms with E-state index in [-0.39, 0.29) is 0 Å². The van der Waals surface area contributed by atoms with Crippen molar-refractivity contribution in [1.82, 2.24) is 4.98 Å². The Bertz CT molecular complexity index is 390. The van der Waals surface area contributed by atoms with Gasteiger partial charge >= 0.3 is 0 Å². The Balaban J connectivity index is 2.35. The second-order valence-corrected chi connectivity index (χ2v) is 3.13. The monoisotopic (exact) mass is 173 g/mol. The first-order valence-electron chi connectivity index (χ1n) is 4.50. The maximum Gasteiger partial charge on any atom is 0.0456 e. The van der Waals surface area contributed by atoms with E-state index in [9.17, 15) is 0 Å². The molecular weight excluding hydrogens is 160 g/mol. The van der Waals surface area contributed by atoms with Crippen molar-refractivity contribution in [2.45, 2.75) is 12.8 Å². The first-order valence-corrected chi connectivity index (χ1v) is 4.50. The molecule has 0 spiro atoms. The van der Waals surface area contributed by atoms with Crippen LogP contribution in [0.2, 0.25) is 0 Å². The summed E-state index contributed by atoms with van der Waals surface area (Å²) in [5, 5.41) is 1.31. The molecule has 0 bridgehead atoms. The fourth-order valence-electron chi connectivity index (χ4n) is 1.58. The molecule has 2 nitrogen and oxygen atoms in total. The van der Waals surface area contributed by atoms with Gasteiger partial charge in [-0.05, 0) is 24.5 Å². The summed E-state index contributed by atoms with van der Waals surface area (Å²) in [6.45, 7) is 1.71. The summed E-state index contributed by atoms with van der Waals surface area (Å²) >= 11 is 0. The summed E-state index contributed by atoms with van der Waals surface area (Å²) < 4.78 is 0. The van der Waals surface area contributed by atoms with Crippen molar-refractivity contribution in [2.75, 3.05) is 0 Å². The number of aromatic amines is 1. The van der Waals surface area contributed by atoms with Crippen molar-refractivity contribution in [3.8, 4) is 0 Å². The van der Waals surface area contributed by atoms with Crippen molar-refractivity contribution in [3.05, 3.63) is 42.6 Å². The van der Waals surface area contributed by atoms with Crippen LogP contribution in [0.25, 0.3) is 10.9 Å². The lowest BCUT2D eigenvalue weighted by atomic mass is 10.1. The number of hydrogen-bond acceptors (Lipinski definition) is 1. The van der Waals surface area contributed by atoms with E-state index in [0.717, 1.165) is 12.8 Å². The van der Waals surface area contributed by atoms with Crippen molar-refractivity contribution in [1.29, 1.82) is 0 Å². The molecule has 0 unspecified atom stereocenters. The second-order valence-electron chi connectivity index (χ2n) is 3.13. The molecule has 1 heterocycles. The summed E-state index contributed by atoms with van der Waals surface area (Å²) in [5.74, 6) is 0. The lowest BCUT2D eigenvalue weighted by molar-refractivity contribution is 0.927. The number of para-hydroxylation sites is 1. The summed E-state index contributed by atoms with van der Waals surface area (Å²) in [6, 6.07) is 8.33. The highest BCUT2D eigenvalue weighted by molar-refractivity contribution is 5.82. The van der Waals surface area contributed by atoms with Gasteiger partial charge in [-0.2, -0.15) is 0 Å². The predicted molar refractivity (Wildman–Crippen MR) is 55.1 cm³/mol. The number of fused-ring (bicyclic) bond motifs is 1. The number of rotatable bonds is 3. The van der Waals surface area contributed by atoms with E-state index in [4.69, 9.17) is 5.73 Å². The first-order chi connectivity index (χ1) is 6.42. The maximum atomic E-state index is 5.35. The van der Waals surface area contributed by atoms with Gasteiger partial charge in [0.2, 0.25) is 0 Å². The average molecular weight is 173 g/mol. The summed E-state index contributed by atoms with van der Waals surface area (Å²) in [5.41, 5.74) is 7.90. The molecule has 13 heavy (non-hydrogen) atoms. The molecule has 1 aromatic carbocycles. The maximum absolute atomic E-state index is 5.35. The Hall–Kier alpha value is -1.28. The Morgan fingerprint density at radius 2 is 2.15 bits per heavy atom. The lowest BCUT2D eigenvalue weighted by Crippen LogP contribution is -1.92. The van der Waals surface area contributed by atoms with Crippen LogP contribution >= 0.6 is 0 Å². The van der Waals surface area contributed by atoms with Gasteiger partial charge in [-0.3, -0.25) is 0 Å². The number of aryl methyl sites for hydroxylation is 1. The molecule has 2 rings (SSSR count). The van der Waals surface area contributed by atoms with Gasteiger partial charge < -0.3 is 10.7 Å². The molecule has 67 valence electrons. The number of nitrogens with two attached hydrogens (primary N) is 1. The third-order valence-corrected chi connectivity index (χ3v) is 2.26. The Labute approximate surface area is 77.8 Å². The molecular formula is C11H13N2. The summed E-state index contributed by atoms with van der Waals surface area (Å²) in [4.78, 5) is 3.24. The lowest BCUT2D eigenvalue weighted by Gasteiger charge is -1.95. The number of benzene rings is 1. The van der Waals surface area contributed by atoms with E-state index in [0.29, 0.717) is 0 Å². The van der Waals surface area contributed by atoms with Crippen molar-refractivity contribution in [2.24, 2.45) is 5.73 Å². The number of H-pyrrole nitrogens is 1. The van der Waals surface area contributed by atoms with E-state index in [2.05, 4.69) is 29.4 Å². The van der Waals surface area contributed by atoms with E-state index in [1.54, 1.807) is 6.54 Å². The van der Waals surface area contributed by atoms with Gasteiger partial charge in [0, 0.05) is 23.6 Å². The Morgan fingerprint density at radius 1 is 1.31 bits per heavy atom. The summed E-state index contributed by atoms with van der Waals surface area (Å²) in [6.07, 6.45) is 4.01. The van der Waals surface area contributed by atoms with Gasteiger partial charge in [0.05, 0.1) is 0 Å². The van der Waals surface area contributed by atoms with E-state index in [1.165, 1.54) is 16.5 Å². The fraction of sp³-hybridized carbons (Fsp3) is 0.182. The highest BCUT2D eigenvalue weighted by atomic mass is 14.7. The standard InChI is InChI=1S/C11H13N2/c12-7-3-4-9-8-13-11-6-2-1-5-10(9)11/h1-2,5-8,13H,3-4,12H2. The third-order valence-electron chi connectivity index (χ3n) is 2.26. The molecule has 0 aliphatic rings. The van der Waals surface area contributed by atoms with Gasteiger partial charge in [0.25, 0.3) is 0 Å². The number of nitrogens with one attached hydrogen (secondary N) is 1. The van der Waals surface area contributed by atoms with Crippen LogP contribution in [0.5, 0.6) is 0 Å². The molecule has 0 fully saturated rings. The fourth-order valence-corrected chi connectivity index (χ4v) is 1.58. The van der Waals surface area contributed by atoms with Crippen molar-refractivity contribution < 1.29 is 0 Å². The van der Waals surface area contributed by atoms with Gasteiger partial charge in [0.1, 0.15) is 0 Å². The smallest absolute Gasteiger partial charge is 0.0456 e. The van der Waals surface area contributed by atoms with Crippen LogP contribution in [-0.2, 0) is 6.42 Å². The topological polar surface area (TPSA) is 41.8 Å². The van der Waals surface area contributed by atoms with E-state index in [1.807, 2.05) is 6.07 Å². The molecule has 0 saturated carbocycles. The Morgan fingerprint density at radius 3 is 3.00 bits per heavy atom. The van der Waals surface area contributed by atoms with Crippen LogP contribution in [0.4, 0.5) is 0 Å². The Kier molecular flexibility index (Phi) is 2.32. The largest absolute Gasteiger partial charge is 0.361 e. The molecule has 0 atom stereocenters. The highest BCUT2D eigenvalue weighted by Crippen LogP contribution is 2.18. The van der Waals surface area contributed by atoms with Gasteiger partial charge in [-0.1, -0.05) is 18.2 Å². The molecule has 3 N–H and O–H groups in total. The molecule has 1 radical (unpaired) electrons. The van der Waals surface area contributed by atoms with Crippen LogP contribution in [0.1, 0.15) is 12.0 Å². The predicted octanol–water partition coefficient (Wildman–Crippen LogP) is 2.22. The minimum atomic E-state index is 0.932. The minimum Gasteiger partial charge on any atom is -0.361 e. The molecule has 1 aromatic heterocycles. The number of aromatic nitrogens is 1. The number of hydrogen-bond donors (Lipinski definition) is 2. The molecule has 0 amide bonds. The van der Waals surface area contributed by atoms with Crippen molar-refractivity contribution in [3.63, 3.8) is 0 Å². The van der Waals surface area contributed by atoms with Crippen molar-refractivity contribution >= 4 is 10.9 Å². The minimum absolute atomic E-state index is 0.932. The zero-order valence-corrected chi connectivity index (χ0v) is 7.46. The van der Waals surface area contributed by atoms with Crippen LogP contribution in [0.3, 0.4) is 0 Å². The SMILES string of the molecule is N[CH]CCc1c[nH]c2ccccc12. The van der Waals surface area contributed by atoms with Crippen LogP contribution in [0, 0.1) is 6.54 Å². The zero-order valence-electron chi connectivity index (χ0n) is 7.46. The highest BCUT2D eigenvalue weighted by Gasteiger charge is 2.00. The second kappa shape index (κ2) is 3.62.